The molecule has 6 heteroatoms. The summed E-state index contributed by atoms with van der Waals surface area (Å²) < 4.78 is 0. The number of halogens is 2. The van der Waals surface area contributed by atoms with Gasteiger partial charge in [-0.2, -0.15) is 0 Å². The van der Waals surface area contributed by atoms with Gasteiger partial charge in [0, 0.05) is 37.1 Å². The number of hydrogen-bond donors (Lipinski definition) is 0. The highest BCUT2D eigenvalue weighted by Gasteiger charge is 2.35. The number of hydrogen-bond acceptors (Lipinski definition) is 2. The minimum Gasteiger partial charge on any atom is -0.339 e. The van der Waals surface area contributed by atoms with Gasteiger partial charge in [-0.05, 0) is 31.0 Å². The second-order valence-corrected chi connectivity index (χ2v) is 6.36. The molecule has 0 radical (unpaired) electrons. The first-order valence-electron chi connectivity index (χ1n) is 7.09. The zero-order valence-corrected chi connectivity index (χ0v) is 13.0. The van der Waals surface area contributed by atoms with Gasteiger partial charge < -0.3 is 9.80 Å². The summed E-state index contributed by atoms with van der Waals surface area (Å²) in [6.45, 7) is 2.28. The van der Waals surface area contributed by atoms with E-state index in [0.717, 1.165) is 12.8 Å². The van der Waals surface area contributed by atoms with Crippen LogP contribution in [0.1, 0.15) is 23.2 Å². The Morgan fingerprint density at radius 1 is 1.00 bits per heavy atom. The Morgan fingerprint density at radius 3 is 2.24 bits per heavy atom. The van der Waals surface area contributed by atoms with E-state index in [9.17, 15) is 9.59 Å². The van der Waals surface area contributed by atoms with Gasteiger partial charge in [-0.1, -0.05) is 23.2 Å². The number of benzene rings is 1. The maximum atomic E-state index is 12.5. The lowest BCUT2D eigenvalue weighted by molar-refractivity contribution is -0.134. The van der Waals surface area contributed by atoms with Crippen LogP contribution in [-0.4, -0.2) is 47.8 Å². The van der Waals surface area contributed by atoms with Crippen LogP contribution in [0.15, 0.2) is 18.2 Å². The lowest BCUT2D eigenvalue weighted by atomic mass is 10.1. The molecule has 3 rings (SSSR count). The molecule has 0 unspecified atom stereocenters. The number of piperazine rings is 1. The number of carbonyl (C=O) groups is 2. The molecular weight excluding hydrogens is 311 g/mol. The first-order valence-corrected chi connectivity index (χ1v) is 7.85. The van der Waals surface area contributed by atoms with E-state index in [4.69, 9.17) is 23.2 Å². The van der Waals surface area contributed by atoms with Crippen LogP contribution in [0.2, 0.25) is 10.0 Å². The molecule has 0 spiro atoms. The quantitative estimate of drug-likeness (QED) is 0.838. The highest BCUT2D eigenvalue weighted by molar-refractivity contribution is 6.35. The van der Waals surface area contributed by atoms with Gasteiger partial charge in [-0.25, -0.2) is 0 Å². The third kappa shape index (κ3) is 3.16. The minimum absolute atomic E-state index is 0.124. The monoisotopic (exact) mass is 326 g/mol. The van der Waals surface area contributed by atoms with E-state index in [1.54, 1.807) is 23.1 Å². The molecule has 2 fully saturated rings. The second kappa shape index (κ2) is 5.85. The molecular formula is C15H16Cl2N2O2. The predicted octanol–water partition coefficient (Wildman–Crippen LogP) is 2.69. The summed E-state index contributed by atoms with van der Waals surface area (Å²) in [7, 11) is 0. The van der Waals surface area contributed by atoms with Crippen LogP contribution in [0.3, 0.4) is 0 Å². The molecule has 0 aromatic heterocycles. The highest BCUT2D eigenvalue weighted by Crippen LogP contribution is 2.31. The molecule has 2 amide bonds. The summed E-state index contributed by atoms with van der Waals surface area (Å²) in [5.41, 5.74) is 0.422. The minimum atomic E-state index is -0.124. The van der Waals surface area contributed by atoms with E-state index in [1.807, 2.05) is 4.90 Å². The Bertz CT molecular complexity index is 579. The smallest absolute Gasteiger partial charge is 0.255 e. The van der Waals surface area contributed by atoms with Crippen molar-refractivity contribution in [1.82, 2.24) is 9.80 Å². The second-order valence-electron chi connectivity index (χ2n) is 5.52. The Morgan fingerprint density at radius 2 is 1.62 bits per heavy atom. The molecule has 1 heterocycles. The van der Waals surface area contributed by atoms with Crippen LogP contribution in [0.5, 0.6) is 0 Å². The summed E-state index contributed by atoms with van der Waals surface area (Å²) in [5.74, 6) is 0.346. The first kappa shape index (κ1) is 14.7. The summed E-state index contributed by atoms with van der Waals surface area (Å²) >= 11 is 12.0. The van der Waals surface area contributed by atoms with Crippen LogP contribution >= 0.6 is 23.2 Å². The van der Waals surface area contributed by atoms with Crippen molar-refractivity contribution in [2.75, 3.05) is 26.2 Å². The number of nitrogens with zero attached hydrogens (tertiary/aromatic N) is 2. The van der Waals surface area contributed by atoms with E-state index in [-0.39, 0.29) is 17.7 Å². The molecule has 1 saturated carbocycles. The number of amides is 2. The average Bonchev–Trinajstić information content (AvgIpc) is 3.33. The maximum Gasteiger partial charge on any atom is 0.255 e. The molecule has 1 aromatic rings. The molecule has 0 atom stereocenters. The SMILES string of the molecule is O=C(c1cc(Cl)ccc1Cl)N1CCN(C(=O)C2CC2)CC1. The van der Waals surface area contributed by atoms with E-state index in [1.165, 1.54) is 0 Å². The fourth-order valence-corrected chi connectivity index (χ4v) is 2.92. The van der Waals surface area contributed by atoms with E-state index < -0.39 is 0 Å². The zero-order chi connectivity index (χ0) is 15.0. The van der Waals surface area contributed by atoms with Gasteiger partial charge in [0.2, 0.25) is 5.91 Å². The largest absolute Gasteiger partial charge is 0.339 e. The van der Waals surface area contributed by atoms with Crippen molar-refractivity contribution in [3.63, 3.8) is 0 Å². The third-order valence-electron chi connectivity index (χ3n) is 3.96. The average molecular weight is 327 g/mol. The van der Waals surface area contributed by atoms with Crippen molar-refractivity contribution in [3.05, 3.63) is 33.8 Å². The molecule has 112 valence electrons. The van der Waals surface area contributed by atoms with Gasteiger partial charge in [-0.3, -0.25) is 9.59 Å². The molecule has 2 aliphatic rings. The third-order valence-corrected chi connectivity index (χ3v) is 4.53. The van der Waals surface area contributed by atoms with Crippen molar-refractivity contribution in [2.45, 2.75) is 12.8 Å². The van der Waals surface area contributed by atoms with Crippen LogP contribution in [0.4, 0.5) is 0 Å². The van der Waals surface area contributed by atoms with Crippen molar-refractivity contribution in [1.29, 1.82) is 0 Å². The van der Waals surface area contributed by atoms with Crippen molar-refractivity contribution >= 4 is 35.0 Å². The summed E-state index contributed by atoms with van der Waals surface area (Å²) in [6, 6.07) is 4.88. The predicted molar refractivity (Wildman–Crippen MR) is 81.7 cm³/mol. The molecule has 1 aromatic carbocycles. The normalized spacial score (nSPS) is 18.8. The Hall–Kier alpha value is -1.26. The zero-order valence-electron chi connectivity index (χ0n) is 11.5. The van der Waals surface area contributed by atoms with Crippen molar-refractivity contribution in [3.8, 4) is 0 Å². The van der Waals surface area contributed by atoms with E-state index in [0.29, 0.717) is 41.8 Å². The topological polar surface area (TPSA) is 40.6 Å². The van der Waals surface area contributed by atoms with Gasteiger partial charge in [0.1, 0.15) is 0 Å². The van der Waals surface area contributed by atoms with Crippen LogP contribution in [0, 0.1) is 5.92 Å². The fraction of sp³-hybridized carbons (Fsp3) is 0.467. The Kier molecular flexibility index (Phi) is 4.09. The van der Waals surface area contributed by atoms with Gasteiger partial charge in [-0.15, -0.1) is 0 Å². The van der Waals surface area contributed by atoms with E-state index in [2.05, 4.69) is 0 Å². The van der Waals surface area contributed by atoms with E-state index >= 15 is 0 Å². The Balaban J connectivity index is 1.64. The van der Waals surface area contributed by atoms with Crippen LogP contribution in [-0.2, 0) is 4.79 Å². The van der Waals surface area contributed by atoms with Gasteiger partial charge in [0.05, 0.1) is 10.6 Å². The molecule has 1 aliphatic heterocycles. The lowest BCUT2D eigenvalue weighted by Crippen LogP contribution is -2.51. The summed E-state index contributed by atoms with van der Waals surface area (Å²) in [5, 5.41) is 0.895. The standard InChI is InChI=1S/C15H16Cl2N2O2/c16-11-3-4-13(17)12(9-11)15(21)19-7-5-18(6-8-19)14(20)10-1-2-10/h3-4,9-10H,1-2,5-8H2. The van der Waals surface area contributed by atoms with Crippen molar-refractivity contribution < 1.29 is 9.59 Å². The number of rotatable bonds is 2. The molecule has 0 N–H and O–H groups in total. The van der Waals surface area contributed by atoms with Crippen LogP contribution < -0.4 is 0 Å². The van der Waals surface area contributed by atoms with Gasteiger partial charge >= 0.3 is 0 Å². The number of carbonyl (C=O) groups excluding carboxylic acids is 2. The molecule has 1 aliphatic carbocycles. The van der Waals surface area contributed by atoms with Gasteiger partial charge in [0.25, 0.3) is 5.91 Å². The van der Waals surface area contributed by atoms with Crippen LogP contribution in [0.25, 0.3) is 0 Å². The van der Waals surface area contributed by atoms with Gasteiger partial charge in [0.15, 0.2) is 0 Å². The molecule has 1 saturated heterocycles. The molecule has 0 bridgehead atoms. The first-order chi connectivity index (χ1) is 10.1. The molecule has 4 nitrogen and oxygen atoms in total. The Labute approximate surface area is 133 Å². The fourth-order valence-electron chi connectivity index (χ4n) is 2.55. The summed E-state index contributed by atoms with van der Waals surface area (Å²) in [6.07, 6.45) is 2.02. The lowest BCUT2D eigenvalue weighted by Gasteiger charge is -2.35. The van der Waals surface area contributed by atoms with Crippen molar-refractivity contribution in [2.24, 2.45) is 5.92 Å². The maximum absolute atomic E-state index is 12.5. The highest BCUT2D eigenvalue weighted by atomic mass is 35.5. The summed E-state index contributed by atoms with van der Waals surface area (Å²) in [4.78, 5) is 28.1. The molecule has 21 heavy (non-hydrogen) atoms.